The first-order valence-electron chi connectivity index (χ1n) is 9.86. The third-order valence-electron chi connectivity index (χ3n) is 5.64. The first-order valence-corrected chi connectivity index (χ1v) is 9.86. The summed E-state index contributed by atoms with van der Waals surface area (Å²) in [5, 5.41) is 0. The van der Waals surface area contributed by atoms with E-state index in [0.717, 1.165) is 30.9 Å². The van der Waals surface area contributed by atoms with Crippen LogP contribution in [-0.2, 0) is 11.8 Å². The fourth-order valence-corrected chi connectivity index (χ4v) is 3.77. The largest absolute Gasteiger partial charge is 0.480 e. The van der Waals surface area contributed by atoms with Crippen LogP contribution in [0.4, 0.5) is 0 Å². The van der Waals surface area contributed by atoms with Crippen LogP contribution in [0.5, 0.6) is 5.88 Å². The lowest BCUT2D eigenvalue weighted by atomic mass is 9.80. The number of nitrogens with zero attached hydrogens (tertiary/aromatic N) is 3. The van der Waals surface area contributed by atoms with Crippen LogP contribution in [0.3, 0.4) is 0 Å². The van der Waals surface area contributed by atoms with Crippen molar-refractivity contribution in [1.29, 1.82) is 0 Å². The second-order valence-corrected chi connectivity index (χ2v) is 7.71. The Hall–Kier alpha value is -3.15. The molecule has 3 heterocycles. The van der Waals surface area contributed by atoms with Crippen molar-refractivity contribution in [3.8, 4) is 5.88 Å². The average molecular weight is 391 g/mol. The molecular weight excluding hydrogens is 366 g/mol. The van der Waals surface area contributed by atoms with Gasteiger partial charge in [0, 0.05) is 31.1 Å². The Morgan fingerprint density at radius 1 is 1.14 bits per heavy atom. The number of carbonyl (C=O) groups excluding carboxylic acids is 1. The van der Waals surface area contributed by atoms with Crippen molar-refractivity contribution in [2.75, 3.05) is 20.2 Å². The van der Waals surface area contributed by atoms with Gasteiger partial charge in [0.2, 0.25) is 5.88 Å². The van der Waals surface area contributed by atoms with Gasteiger partial charge in [-0.05, 0) is 30.5 Å². The van der Waals surface area contributed by atoms with Crippen molar-refractivity contribution in [2.45, 2.75) is 31.6 Å². The summed E-state index contributed by atoms with van der Waals surface area (Å²) >= 11 is 0. The molecule has 1 fully saturated rings. The second-order valence-electron chi connectivity index (χ2n) is 7.71. The molecule has 1 amide bonds. The molecule has 2 aromatic heterocycles. The number of ether oxygens (including phenoxy) is 1. The number of likely N-dealkylation sites (tertiary alicyclic amines) is 1. The number of pyridine rings is 1. The summed E-state index contributed by atoms with van der Waals surface area (Å²) in [6, 6.07) is 13.7. The summed E-state index contributed by atoms with van der Waals surface area (Å²) in [6.07, 6.45) is 5.78. The summed E-state index contributed by atoms with van der Waals surface area (Å²) in [5.41, 5.74) is 1.52. The van der Waals surface area contributed by atoms with Crippen LogP contribution < -0.4 is 4.74 Å². The lowest BCUT2D eigenvalue weighted by molar-refractivity contribution is 0.0653. The summed E-state index contributed by atoms with van der Waals surface area (Å²) in [4.78, 5) is 23.5. The van der Waals surface area contributed by atoms with Crippen molar-refractivity contribution >= 4 is 5.91 Å². The number of piperidine rings is 1. The highest BCUT2D eigenvalue weighted by molar-refractivity contribution is 5.96. The van der Waals surface area contributed by atoms with Crippen LogP contribution in [0.15, 0.2) is 59.3 Å². The SMILES string of the molecule is COc1ncccc1C(=O)N1CCC(C)(c2ncc(Cc3ccccc3)o2)CC1. The molecule has 0 spiro atoms. The molecule has 4 rings (SSSR count). The van der Waals surface area contributed by atoms with E-state index in [2.05, 4.69) is 29.0 Å². The molecular formula is C23H25N3O3. The van der Waals surface area contributed by atoms with E-state index in [0.29, 0.717) is 24.5 Å². The van der Waals surface area contributed by atoms with Crippen molar-refractivity contribution in [3.05, 3.63) is 77.6 Å². The summed E-state index contributed by atoms with van der Waals surface area (Å²) < 4.78 is 11.3. The average Bonchev–Trinajstić information content (AvgIpc) is 3.24. The van der Waals surface area contributed by atoms with Crippen LogP contribution in [0.25, 0.3) is 0 Å². The molecule has 1 aliphatic rings. The Morgan fingerprint density at radius 3 is 2.62 bits per heavy atom. The predicted octanol–water partition coefficient (Wildman–Crippen LogP) is 3.86. The summed E-state index contributed by atoms with van der Waals surface area (Å²) in [7, 11) is 1.53. The topological polar surface area (TPSA) is 68.5 Å². The molecule has 0 bridgehead atoms. The minimum Gasteiger partial charge on any atom is -0.480 e. The molecule has 0 N–H and O–H groups in total. The molecule has 1 saturated heterocycles. The highest BCUT2D eigenvalue weighted by Gasteiger charge is 2.37. The lowest BCUT2D eigenvalue weighted by Crippen LogP contribution is -2.44. The Labute approximate surface area is 170 Å². The maximum atomic E-state index is 12.9. The second kappa shape index (κ2) is 8.07. The van der Waals surface area contributed by atoms with Gasteiger partial charge in [-0.25, -0.2) is 9.97 Å². The van der Waals surface area contributed by atoms with Crippen LogP contribution in [0.1, 0.15) is 47.3 Å². The van der Waals surface area contributed by atoms with Crippen LogP contribution in [0.2, 0.25) is 0 Å². The third kappa shape index (κ3) is 4.01. The minimum absolute atomic E-state index is 0.0471. The highest BCUT2D eigenvalue weighted by Crippen LogP contribution is 2.35. The minimum atomic E-state index is -0.176. The van der Waals surface area contributed by atoms with E-state index in [1.54, 1.807) is 18.3 Å². The number of carbonyl (C=O) groups is 1. The summed E-state index contributed by atoms with van der Waals surface area (Å²) in [5.74, 6) is 1.94. The van der Waals surface area contributed by atoms with E-state index in [1.165, 1.54) is 12.7 Å². The Bertz CT molecular complexity index is 976. The molecule has 1 aromatic carbocycles. The van der Waals surface area contributed by atoms with Gasteiger partial charge in [-0.3, -0.25) is 4.79 Å². The molecule has 29 heavy (non-hydrogen) atoms. The monoisotopic (exact) mass is 391 g/mol. The maximum absolute atomic E-state index is 12.9. The van der Waals surface area contributed by atoms with Gasteiger partial charge >= 0.3 is 0 Å². The molecule has 1 aliphatic heterocycles. The standard InChI is InChI=1S/C23H25N3O3/c1-23(22-25-16-18(29-22)15-17-7-4-3-5-8-17)10-13-26(14-11-23)21(27)19-9-6-12-24-20(19)28-2/h3-9,12,16H,10-11,13-15H2,1-2H3. The molecule has 6 nitrogen and oxygen atoms in total. The van der Waals surface area contributed by atoms with Gasteiger partial charge < -0.3 is 14.1 Å². The zero-order chi connectivity index (χ0) is 20.3. The number of hydrogen-bond donors (Lipinski definition) is 0. The number of oxazole rings is 1. The van der Waals surface area contributed by atoms with Crippen LogP contribution in [-0.4, -0.2) is 41.0 Å². The number of amides is 1. The van der Waals surface area contributed by atoms with Crippen molar-refractivity contribution in [3.63, 3.8) is 0 Å². The molecule has 0 saturated carbocycles. The fraction of sp³-hybridized carbons (Fsp3) is 0.348. The normalized spacial score (nSPS) is 15.9. The van der Waals surface area contributed by atoms with Crippen molar-refractivity contribution < 1.29 is 13.9 Å². The third-order valence-corrected chi connectivity index (χ3v) is 5.64. The van der Waals surface area contributed by atoms with Gasteiger partial charge in [-0.2, -0.15) is 0 Å². The molecule has 150 valence electrons. The quantitative estimate of drug-likeness (QED) is 0.661. The van der Waals surface area contributed by atoms with Gasteiger partial charge in [0.15, 0.2) is 5.89 Å². The van der Waals surface area contributed by atoms with Crippen LogP contribution >= 0.6 is 0 Å². The zero-order valence-electron chi connectivity index (χ0n) is 16.8. The first kappa shape index (κ1) is 19.2. The van der Waals surface area contributed by atoms with E-state index in [-0.39, 0.29) is 11.3 Å². The highest BCUT2D eigenvalue weighted by atomic mass is 16.5. The molecule has 0 aliphatic carbocycles. The number of aromatic nitrogens is 2. The van der Waals surface area contributed by atoms with Crippen molar-refractivity contribution in [2.24, 2.45) is 0 Å². The van der Waals surface area contributed by atoms with E-state index in [4.69, 9.17) is 9.15 Å². The van der Waals surface area contributed by atoms with Gasteiger partial charge in [-0.1, -0.05) is 37.3 Å². The predicted molar refractivity (Wildman–Crippen MR) is 109 cm³/mol. The Kier molecular flexibility index (Phi) is 5.34. The molecule has 3 aromatic rings. The number of hydrogen-bond acceptors (Lipinski definition) is 5. The van der Waals surface area contributed by atoms with E-state index in [9.17, 15) is 4.79 Å². The van der Waals surface area contributed by atoms with Gasteiger partial charge in [-0.15, -0.1) is 0 Å². The fourth-order valence-electron chi connectivity index (χ4n) is 3.77. The van der Waals surface area contributed by atoms with E-state index >= 15 is 0 Å². The molecule has 0 radical (unpaired) electrons. The molecule has 0 unspecified atom stereocenters. The van der Waals surface area contributed by atoms with Crippen molar-refractivity contribution in [1.82, 2.24) is 14.9 Å². The van der Waals surface area contributed by atoms with Crippen LogP contribution in [0, 0.1) is 0 Å². The Morgan fingerprint density at radius 2 is 1.90 bits per heavy atom. The molecule has 6 heteroatoms. The zero-order valence-corrected chi connectivity index (χ0v) is 16.8. The lowest BCUT2D eigenvalue weighted by Gasteiger charge is -2.37. The smallest absolute Gasteiger partial charge is 0.259 e. The summed E-state index contributed by atoms with van der Waals surface area (Å²) in [6.45, 7) is 3.45. The van der Waals surface area contributed by atoms with Gasteiger partial charge in [0.05, 0.1) is 13.3 Å². The van der Waals surface area contributed by atoms with E-state index < -0.39 is 0 Å². The molecule has 0 atom stereocenters. The Balaban J connectivity index is 1.42. The van der Waals surface area contributed by atoms with Gasteiger partial charge in [0.1, 0.15) is 11.3 Å². The first-order chi connectivity index (χ1) is 14.1. The van der Waals surface area contributed by atoms with Gasteiger partial charge in [0.25, 0.3) is 5.91 Å². The number of benzene rings is 1. The number of methoxy groups -OCH3 is 1. The number of rotatable bonds is 5. The van der Waals surface area contributed by atoms with E-state index in [1.807, 2.05) is 29.3 Å². The maximum Gasteiger partial charge on any atom is 0.259 e.